The lowest BCUT2D eigenvalue weighted by molar-refractivity contribution is 0.0559. The van der Waals surface area contributed by atoms with Gasteiger partial charge in [-0.15, -0.1) is 0 Å². The van der Waals surface area contributed by atoms with Crippen molar-refractivity contribution >= 4 is 11.7 Å². The number of carbonyl (C=O) groups is 1. The van der Waals surface area contributed by atoms with Crippen LogP contribution in [-0.4, -0.2) is 49.9 Å². The van der Waals surface area contributed by atoms with E-state index in [1.165, 1.54) is 0 Å². The number of aromatic nitrogens is 4. The predicted octanol–water partition coefficient (Wildman–Crippen LogP) is 3.87. The van der Waals surface area contributed by atoms with Gasteiger partial charge in [0.15, 0.2) is 17.5 Å². The molecular formula is C23H24F2N6O. The third-order valence-corrected chi connectivity index (χ3v) is 5.56. The van der Waals surface area contributed by atoms with Crippen LogP contribution in [0.15, 0.2) is 42.9 Å². The zero-order valence-electron chi connectivity index (χ0n) is 17.9. The fourth-order valence-electron chi connectivity index (χ4n) is 3.90. The molecule has 4 rings (SSSR count). The quantitative estimate of drug-likeness (QED) is 0.651. The summed E-state index contributed by atoms with van der Waals surface area (Å²) in [6.07, 6.45) is 5.88. The van der Waals surface area contributed by atoms with E-state index in [0.29, 0.717) is 35.2 Å². The van der Waals surface area contributed by atoms with Gasteiger partial charge in [0.1, 0.15) is 11.5 Å². The molecule has 3 aromatic heterocycles. The highest BCUT2D eigenvalue weighted by molar-refractivity contribution is 5.98. The van der Waals surface area contributed by atoms with E-state index in [1.54, 1.807) is 23.4 Å². The molecule has 0 saturated carbocycles. The molecule has 1 saturated heterocycles. The molecule has 1 aliphatic heterocycles. The number of halogens is 2. The Kier molecular flexibility index (Phi) is 6.34. The van der Waals surface area contributed by atoms with Crippen LogP contribution in [0, 0.1) is 24.5 Å². The number of piperidine rings is 1. The molecule has 9 heteroatoms. The molecule has 1 N–H and O–H groups in total. The third kappa shape index (κ3) is 4.71. The minimum Gasteiger partial charge on any atom is -0.366 e. The summed E-state index contributed by atoms with van der Waals surface area (Å²) in [7, 11) is 0. The van der Waals surface area contributed by atoms with E-state index in [0.717, 1.165) is 25.1 Å². The molecule has 0 bridgehead atoms. The summed E-state index contributed by atoms with van der Waals surface area (Å²) in [5, 5.41) is 2.93. The van der Waals surface area contributed by atoms with Crippen molar-refractivity contribution in [3.8, 4) is 11.4 Å². The first-order valence-corrected chi connectivity index (χ1v) is 10.5. The summed E-state index contributed by atoms with van der Waals surface area (Å²) in [5.74, 6) is -1.02. The van der Waals surface area contributed by atoms with Gasteiger partial charge in [0.2, 0.25) is 0 Å². The monoisotopic (exact) mass is 438 g/mol. The van der Waals surface area contributed by atoms with Gasteiger partial charge in [-0.05, 0) is 43.9 Å². The second-order valence-corrected chi connectivity index (χ2v) is 8.08. The van der Waals surface area contributed by atoms with Crippen molar-refractivity contribution in [2.75, 3.05) is 18.4 Å². The second kappa shape index (κ2) is 9.33. The lowest BCUT2D eigenvalue weighted by atomic mass is 9.93. The van der Waals surface area contributed by atoms with Gasteiger partial charge >= 0.3 is 0 Å². The number of amides is 1. The Balaban J connectivity index is 1.61. The van der Waals surface area contributed by atoms with Gasteiger partial charge in [0.25, 0.3) is 5.91 Å². The fraction of sp³-hybridized carbons (Fsp3) is 0.348. The third-order valence-electron chi connectivity index (χ3n) is 5.56. The molecule has 0 radical (unpaired) electrons. The summed E-state index contributed by atoms with van der Waals surface area (Å²) in [6.45, 7) is 4.76. The number of hydrogen-bond acceptors (Lipinski definition) is 6. The zero-order valence-corrected chi connectivity index (χ0v) is 17.9. The minimum atomic E-state index is -0.768. The maximum absolute atomic E-state index is 14.0. The number of rotatable bonds is 5. The molecular weight excluding hydrogens is 414 g/mol. The average Bonchev–Trinajstić information content (AvgIpc) is 2.79. The Morgan fingerprint density at radius 3 is 2.72 bits per heavy atom. The highest BCUT2D eigenvalue weighted by Gasteiger charge is 2.33. The molecule has 1 fully saturated rings. The number of nitrogens with one attached hydrogen (secondary N) is 1. The predicted molar refractivity (Wildman–Crippen MR) is 116 cm³/mol. The molecule has 1 aliphatic rings. The normalized spacial score (nSPS) is 18.4. The standard InChI is InChI=1S/C23H24F2N6O/c1-14-4-6-17(12-29-22-19(25)10-16(24)11-28-22)31(13-14)23(32)20-18(7-5-15(2)30-20)21-26-8-3-9-27-21/h3,5,7-11,14,17H,4,6,12-13H2,1-2H3,(H,28,29)/t14-,17-/m0/s1. The summed E-state index contributed by atoms with van der Waals surface area (Å²) in [4.78, 5) is 32.3. The summed E-state index contributed by atoms with van der Waals surface area (Å²) >= 11 is 0. The van der Waals surface area contributed by atoms with Crippen molar-refractivity contribution in [3.63, 3.8) is 0 Å². The van der Waals surface area contributed by atoms with E-state index in [4.69, 9.17) is 0 Å². The highest BCUT2D eigenvalue weighted by Crippen LogP contribution is 2.27. The van der Waals surface area contributed by atoms with Gasteiger partial charge < -0.3 is 10.2 Å². The molecule has 0 aromatic carbocycles. The second-order valence-electron chi connectivity index (χ2n) is 8.08. The lowest BCUT2D eigenvalue weighted by Gasteiger charge is -2.39. The number of likely N-dealkylation sites (tertiary alicyclic amines) is 1. The van der Waals surface area contributed by atoms with Crippen LogP contribution in [0.25, 0.3) is 11.4 Å². The average molecular weight is 438 g/mol. The molecule has 2 atom stereocenters. The maximum Gasteiger partial charge on any atom is 0.273 e. The van der Waals surface area contributed by atoms with Crippen molar-refractivity contribution < 1.29 is 13.6 Å². The highest BCUT2D eigenvalue weighted by atomic mass is 19.1. The largest absolute Gasteiger partial charge is 0.366 e. The van der Waals surface area contributed by atoms with Crippen LogP contribution in [0.3, 0.4) is 0 Å². The number of anilines is 1. The number of pyridine rings is 2. The van der Waals surface area contributed by atoms with Crippen molar-refractivity contribution in [2.45, 2.75) is 32.7 Å². The first-order valence-electron chi connectivity index (χ1n) is 10.5. The van der Waals surface area contributed by atoms with Gasteiger partial charge in [-0.25, -0.2) is 28.7 Å². The minimum absolute atomic E-state index is 0.0375. The summed E-state index contributed by atoms with van der Waals surface area (Å²) in [6, 6.07) is 5.93. The van der Waals surface area contributed by atoms with E-state index in [9.17, 15) is 13.6 Å². The van der Waals surface area contributed by atoms with Crippen LogP contribution >= 0.6 is 0 Å². The van der Waals surface area contributed by atoms with E-state index in [1.807, 2.05) is 19.1 Å². The van der Waals surface area contributed by atoms with Gasteiger partial charge in [0.05, 0.1) is 11.8 Å². The number of hydrogen-bond donors (Lipinski definition) is 1. The smallest absolute Gasteiger partial charge is 0.273 e. The van der Waals surface area contributed by atoms with Crippen LogP contribution in [0.1, 0.15) is 35.9 Å². The van der Waals surface area contributed by atoms with E-state index in [-0.39, 0.29) is 24.3 Å². The van der Waals surface area contributed by atoms with Gasteiger partial charge in [-0.3, -0.25) is 4.79 Å². The van der Waals surface area contributed by atoms with Crippen LogP contribution in [0.5, 0.6) is 0 Å². The topological polar surface area (TPSA) is 83.9 Å². The van der Waals surface area contributed by atoms with Gasteiger partial charge in [-0.2, -0.15) is 0 Å². The molecule has 0 unspecified atom stereocenters. The van der Waals surface area contributed by atoms with Crippen molar-refractivity contribution in [2.24, 2.45) is 5.92 Å². The summed E-state index contributed by atoms with van der Waals surface area (Å²) < 4.78 is 27.2. The van der Waals surface area contributed by atoms with Crippen molar-refractivity contribution in [3.05, 3.63) is 65.9 Å². The molecule has 0 aliphatic carbocycles. The van der Waals surface area contributed by atoms with E-state index >= 15 is 0 Å². The molecule has 1 amide bonds. The first-order chi connectivity index (χ1) is 15.4. The Morgan fingerprint density at radius 2 is 1.97 bits per heavy atom. The number of nitrogens with zero attached hydrogens (tertiary/aromatic N) is 5. The molecule has 7 nitrogen and oxygen atoms in total. The Hall–Kier alpha value is -3.49. The summed E-state index contributed by atoms with van der Waals surface area (Å²) in [5.41, 5.74) is 1.57. The molecule has 166 valence electrons. The molecule has 32 heavy (non-hydrogen) atoms. The van der Waals surface area contributed by atoms with Gasteiger partial charge in [-0.1, -0.05) is 6.92 Å². The Morgan fingerprint density at radius 1 is 1.19 bits per heavy atom. The molecule has 4 heterocycles. The first kappa shape index (κ1) is 21.7. The van der Waals surface area contributed by atoms with E-state index in [2.05, 4.69) is 32.2 Å². The lowest BCUT2D eigenvalue weighted by Crippen LogP contribution is -2.49. The molecule has 0 spiro atoms. The number of carbonyl (C=O) groups excluding carboxylic acids is 1. The SMILES string of the molecule is Cc1ccc(-c2ncccn2)c(C(=O)N2C[C@@H](C)CC[C@H]2CNc2ncc(F)cc2F)n1. The maximum atomic E-state index is 14.0. The van der Waals surface area contributed by atoms with Crippen molar-refractivity contribution in [1.82, 2.24) is 24.8 Å². The molecule has 3 aromatic rings. The van der Waals surface area contributed by atoms with Gasteiger partial charge in [0, 0.05) is 43.3 Å². The van der Waals surface area contributed by atoms with Crippen LogP contribution in [-0.2, 0) is 0 Å². The Bertz CT molecular complexity index is 1110. The van der Waals surface area contributed by atoms with Crippen molar-refractivity contribution in [1.29, 1.82) is 0 Å². The Labute approximate surface area is 185 Å². The number of aryl methyl sites for hydroxylation is 1. The zero-order chi connectivity index (χ0) is 22.7. The van der Waals surface area contributed by atoms with Crippen LogP contribution in [0.4, 0.5) is 14.6 Å². The fourth-order valence-corrected chi connectivity index (χ4v) is 3.90. The van der Waals surface area contributed by atoms with Crippen LogP contribution in [0.2, 0.25) is 0 Å². The van der Waals surface area contributed by atoms with E-state index < -0.39 is 11.6 Å². The van der Waals surface area contributed by atoms with Crippen LogP contribution < -0.4 is 5.32 Å².